The van der Waals surface area contributed by atoms with Gasteiger partial charge in [-0.1, -0.05) is 42.4 Å². The SMILES string of the molecule is CCCC(=O)NC(Cc1ccccc1)c1nnc(N2CCCCC2)o1. The smallest absolute Gasteiger partial charge is 0.318 e. The van der Waals surface area contributed by atoms with Gasteiger partial charge in [-0.2, -0.15) is 0 Å². The number of anilines is 1. The monoisotopic (exact) mass is 342 g/mol. The van der Waals surface area contributed by atoms with Gasteiger partial charge in [0.2, 0.25) is 11.8 Å². The van der Waals surface area contributed by atoms with E-state index in [4.69, 9.17) is 4.42 Å². The van der Waals surface area contributed by atoms with E-state index in [1.165, 1.54) is 6.42 Å². The highest BCUT2D eigenvalue weighted by Crippen LogP contribution is 2.23. The van der Waals surface area contributed by atoms with Gasteiger partial charge in [0, 0.05) is 25.9 Å². The number of benzene rings is 1. The van der Waals surface area contributed by atoms with Crippen LogP contribution in [-0.2, 0) is 11.2 Å². The Hall–Kier alpha value is -2.37. The van der Waals surface area contributed by atoms with Gasteiger partial charge in [-0.3, -0.25) is 4.79 Å². The summed E-state index contributed by atoms with van der Waals surface area (Å²) < 4.78 is 5.93. The molecule has 1 fully saturated rings. The van der Waals surface area contributed by atoms with Crippen LogP contribution in [0.2, 0.25) is 0 Å². The Bertz CT molecular complexity index is 665. The first kappa shape index (κ1) is 17.5. The number of carbonyl (C=O) groups is 1. The summed E-state index contributed by atoms with van der Waals surface area (Å²) in [5.41, 5.74) is 1.13. The Balaban J connectivity index is 1.75. The van der Waals surface area contributed by atoms with Crippen molar-refractivity contribution in [1.29, 1.82) is 0 Å². The molecule has 0 bridgehead atoms. The highest BCUT2D eigenvalue weighted by Gasteiger charge is 2.24. The molecular weight excluding hydrogens is 316 g/mol. The van der Waals surface area contributed by atoms with Crippen LogP contribution in [0.25, 0.3) is 0 Å². The molecule has 1 saturated heterocycles. The summed E-state index contributed by atoms with van der Waals surface area (Å²) in [6, 6.07) is 10.3. The number of carbonyl (C=O) groups excluding carboxylic acids is 1. The minimum atomic E-state index is -0.299. The van der Waals surface area contributed by atoms with Crippen LogP contribution < -0.4 is 10.2 Å². The quantitative estimate of drug-likeness (QED) is 0.836. The molecule has 1 aromatic carbocycles. The zero-order valence-electron chi connectivity index (χ0n) is 14.8. The van der Waals surface area contributed by atoms with Crippen LogP contribution in [0.4, 0.5) is 6.01 Å². The molecule has 2 heterocycles. The second-order valence-corrected chi connectivity index (χ2v) is 6.53. The van der Waals surface area contributed by atoms with E-state index in [-0.39, 0.29) is 11.9 Å². The average molecular weight is 342 g/mol. The molecule has 1 atom stereocenters. The van der Waals surface area contributed by atoms with E-state index in [0.717, 1.165) is 37.9 Å². The maximum absolute atomic E-state index is 12.1. The van der Waals surface area contributed by atoms with Crippen molar-refractivity contribution >= 4 is 11.9 Å². The molecule has 25 heavy (non-hydrogen) atoms. The van der Waals surface area contributed by atoms with Crippen LogP contribution in [0.5, 0.6) is 0 Å². The van der Waals surface area contributed by atoms with Crippen molar-refractivity contribution in [2.45, 2.75) is 51.5 Å². The minimum absolute atomic E-state index is 0.0150. The first-order valence-corrected chi connectivity index (χ1v) is 9.18. The Morgan fingerprint density at radius 2 is 1.96 bits per heavy atom. The molecule has 3 rings (SSSR count). The summed E-state index contributed by atoms with van der Waals surface area (Å²) in [7, 11) is 0. The van der Waals surface area contributed by atoms with Crippen molar-refractivity contribution < 1.29 is 9.21 Å². The van der Waals surface area contributed by atoms with Crippen LogP contribution in [0, 0.1) is 0 Å². The van der Waals surface area contributed by atoms with Crippen molar-refractivity contribution in [3.05, 3.63) is 41.8 Å². The fourth-order valence-corrected chi connectivity index (χ4v) is 3.12. The number of nitrogens with one attached hydrogen (secondary N) is 1. The average Bonchev–Trinajstić information content (AvgIpc) is 3.13. The fourth-order valence-electron chi connectivity index (χ4n) is 3.12. The van der Waals surface area contributed by atoms with Gasteiger partial charge in [-0.15, -0.1) is 5.10 Å². The molecule has 134 valence electrons. The Morgan fingerprint density at radius 3 is 2.68 bits per heavy atom. The van der Waals surface area contributed by atoms with Gasteiger partial charge >= 0.3 is 6.01 Å². The van der Waals surface area contributed by atoms with E-state index < -0.39 is 0 Å². The van der Waals surface area contributed by atoms with E-state index in [0.29, 0.717) is 24.7 Å². The predicted molar refractivity (Wildman–Crippen MR) is 96.3 cm³/mol. The molecule has 1 aromatic heterocycles. The highest BCUT2D eigenvalue weighted by atomic mass is 16.4. The second kappa shape index (κ2) is 8.65. The van der Waals surface area contributed by atoms with Gasteiger partial charge in [-0.25, -0.2) is 0 Å². The molecule has 1 N–H and O–H groups in total. The maximum atomic E-state index is 12.1. The summed E-state index contributed by atoms with van der Waals surface area (Å²) in [4.78, 5) is 14.2. The number of piperidine rings is 1. The first-order valence-electron chi connectivity index (χ1n) is 9.18. The van der Waals surface area contributed by atoms with Crippen LogP contribution >= 0.6 is 0 Å². The van der Waals surface area contributed by atoms with E-state index in [2.05, 4.69) is 20.4 Å². The summed E-state index contributed by atoms with van der Waals surface area (Å²) in [6.07, 6.45) is 5.50. The Labute approximate surface area is 148 Å². The number of hydrogen-bond acceptors (Lipinski definition) is 5. The molecule has 1 unspecified atom stereocenters. The second-order valence-electron chi connectivity index (χ2n) is 6.53. The van der Waals surface area contributed by atoms with Crippen molar-refractivity contribution in [2.75, 3.05) is 18.0 Å². The van der Waals surface area contributed by atoms with E-state index in [9.17, 15) is 4.79 Å². The predicted octanol–water partition coefficient (Wildman–Crippen LogP) is 3.26. The normalized spacial score (nSPS) is 15.8. The largest absolute Gasteiger partial charge is 0.406 e. The molecule has 6 heteroatoms. The molecule has 0 spiro atoms. The third-order valence-electron chi connectivity index (χ3n) is 4.45. The molecule has 0 radical (unpaired) electrons. The fraction of sp³-hybridized carbons (Fsp3) is 0.526. The third kappa shape index (κ3) is 4.81. The van der Waals surface area contributed by atoms with Gasteiger partial charge in [0.1, 0.15) is 6.04 Å². The van der Waals surface area contributed by atoms with Crippen LogP contribution in [0.1, 0.15) is 56.5 Å². The molecular formula is C19H26N4O2. The molecule has 0 saturated carbocycles. The number of amides is 1. The molecule has 6 nitrogen and oxygen atoms in total. The number of aromatic nitrogens is 2. The topological polar surface area (TPSA) is 71.3 Å². The van der Waals surface area contributed by atoms with Crippen molar-refractivity contribution in [3.63, 3.8) is 0 Å². The zero-order valence-corrected chi connectivity index (χ0v) is 14.8. The summed E-state index contributed by atoms with van der Waals surface area (Å²) in [5, 5.41) is 11.5. The molecule has 1 aliphatic heterocycles. The van der Waals surface area contributed by atoms with Gasteiger partial charge in [-0.05, 0) is 31.2 Å². The molecule has 2 aromatic rings. The first-order chi connectivity index (χ1) is 12.3. The lowest BCUT2D eigenvalue weighted by Crippen LogP contribution is -2.30. The van der Waals surface area contributed by atoms with Crippen molar-refractivity contribution in [3.8, 4) is 0 Å². The number of rotatable bonds is 7. The lowest BCUT2D eigenvalue weighted by Gasteiger charge is -2.24. The maximum Gasteiger partial charge on any atom is 0.318 e. The van der Waals surface area contributed by atoms with Gasteiger partial charge in [0.15, 0.2) is 0 Å². The molecule has 1 amide bonds. The zero-order chi connectivity index (χ0) is 17.5. The third-order valence-corrected chi connectivity index (χ3v) is 4.45. The van der Waals surface area contributed by atoms with Gasteiger partial charge < -0.3 is 14.6 Å². The van der Waals surface area contributed by atoms with E-state index in [1.54, 1.807) is 0 Å². The van der Waals surface area contributed by atoms with Crippen molar-refractivity contribution in [1.82, 2.24) is 15.5 Å². The van der Waals surface area contributed by atoms with Gasteiger partial charge in [0.25, 0.3) is 0 Å². The van der Waals surface area contributed by atoms with Crippen LogP contribution in [0.3, 0.4) is 0 Å². The van der Waals surface area contributed by atoms with E-state index >= 15 is 0 Å². The highest BCUT2D eigenvalue weighted by molar-refractivity contribution is 5.76. The summed E-state index contributed by atoms with van der Waals surface area (Å²) >= 11 is 0. The van der Waals surface area contributed by atoms with Crippen LogP contribution in [0.15, 0.2) is 34.7 Å². The minimum Gasteiger partial charge on any atom is -0.406 e. The number of hydrogen-bond donors (Lipinski definition) is 1. The number of nitrogens with zero attached hydrogens (tertiary/aromatic N) is 3. The van der Waals surface area contributed by atoms with Crippen LogP contribution in [-0.4, -0.2) is 29.2 Å². The lowest BCUT2D eigenvalue weighted by molar-refractivity contribution is -0.122. The lowest BCUT2D eigenvalue weighted by atomic mass is 10.1. The summed E-state index contributed by atoms with van der Waals surface area (Å²) in [5.74, 6) is 0.495. The van der Waals surface area contributed by atoms with Gasteiger partial charge in [0.05, 0.1) is 0 Å². The Morgan fingerprint density at radius 1 is 1.20 bits per heavy atom. The molecule has 1 aliphatic rings. The summed E-state index contributed by atoms with van der Waals surface area (Å²) in [6.45, 7) is 3.90. The Kier molecular flexibility index (Phi) is 6.04. The van der Waals surface area contributed by atoms with E-state index in [1.807, 2.05) is 37.3 Å². The standard InChI is InChI=1S/C19H26N4O2/c1-2-9-17(24)20-16(14-15-10-5-3-6-11-15)18-21-22-19(25-18)23-12-7-4-8-13-23/h3,5-6,10-11,16H,2,4,7-9,12-14H2,1H3,(H,20,24). The molecule has 0 aliphatic carbocycles. The van der Waals surface area contributed by atoms with Crippen molar-refractivity contribution in [2.24, 2.45) is 0 Å².